The minimum absolute atomic E-state index is 0.0588. The van der Waals surface area contributed by atoms with E-state index in [2.05, 4.69) is 93.2 Å². The number of aryl methyl sites for hydroxylation is 3. The van der Waals surface area contributed by atoms with Gasteiger partial charge >= 0.3 is 6.03 Å². The molecule has 4 heteroatoms. The molecule has 1 N–H and O–H groups in total. The lowest BCUT2D eigenvalue weighted by Crippen LogP contribution is -2.43. The second kappa shape index (κ2) is 9.86. The molecule has 0 saturated carbocycles. The second-order valence-electron chi connectivity index (χ2n) is 8.98. The van der Waals surface area contributed by atoms with E-state index in [9.17, 15) is 4.79 Å². The molecule has 31 heavy (non-hydrogen) atoms. The summed E-state index contributed by atoms with van der Waals surface area (Å²) in [5.74, 6) is 0.352. The van der Waals surface area contributed by atoms with Gasteiger partial charge in [-0.3, -0.25) is 0 Å². The molecule has 2 amide bonds. The number of nitrogens with one attached hydrogen (secondary N) is 1. The van der Waals surface area contributed by atoms with Crippen molar-refractivity contribution in [1.82, 2.24) is 9.47 Å². The Labute approximate surface area is 186 Å². The number of carbonyl (C=O) groups is 1. The molecule has 0 aliphatic carbocycles. The van der Waals surface area contributed by atoms with Gasteiger partial charge in [0.15, 0.2) is 0 Å². The molecule has 0 spiro atoms. The quantitative estimate of drug-likeness (QED) is 0.465. The molecule has 0 saturated heterocycles. The number of amides is 2. The van der Waals surface area contributed by atoms with Gasteiger partial charge < -0.3 is 14.8 Å². The summed E-state index contributed by atoms with van der Waals surface area (Å²) in [6.45, 7) is 14.0. The Morgan fingerprint density at radius 1 is 0.968 bits per heavy atom. The van der Waals surface area contributed by atoms with E-state index in [1.807, 2.05) is 24.0 Å². The number of aromatic nitrogens is 1. The molecule has 0 fully saturated rings. The lowest BCUT2D eigenvalue weighted by molar-refractivity contribution is 0.168. The van der Waals surface area contributed by atoms with Crippen molar-refractivity contribution in [2.75, 3.05) is 5.32 Å². The molecule has 1 heterocycles. The van der Waals surface area contributed by atoms with Gasteiger partial charge in [0.2, 0.25) is 0 Å². The van der Waals surface area contributed by atoms with Crippen molar-refractivity contribution in [3.05, 3.63) is 88.7 Å². The molecule has 1 atom stereocenters. The zero-order valence-corrected chi connectivity index (χ0v) is 19.6. The summed E-state index contributed by atoms with van der Waals surface area (Å²) < 4.78 is 2.24. The average Bonchev–Trinajstić information content (AvgIpc) is 3.14. The van der Waals surface area contributed by atoms with Crippen molar-refractivity contribution in [2.24, 2.45) is 5.92 Å². The van der Waals surface area contributed by atoms with E-state index in [0.717, 1.165) is 23.5 Å². The van der Waals surface area contributed by atoms with Crippen molar-refractivity contribution in [3.8, 4) is 0 Å². The predicted octanol–water partition coefficient (Wildman–Crippen LogP) is 6.54. The minimum Gasteiger partial charge on any atom is -0.345 e. The number of urea groups is 1. The molecule has 3 aromatic rings. The van der Waals surface area contributed by atoms with Crippen LogP contribution in [0.3, 0.4) is 0 Å². The number of anilines is 1. The SMILES string of the molecule is Cc1cccc(Cn2cccc2CN(C(=O)Nc2ccc(C)cc2C)[C@H](C)C(C)C)c1. The second-order valence-corrected chi connectivity index (χ2v) is 8.98. The van der Waals surface area contributed by atoms with Gasteiger partial charge in [0, 0.05) is 30.2 Å². The standard InChI is InChI=1S/C27H35N3O/c1-19(2)23(6)30(27(31)28-26-13-12-21(4)15-22(26)5)18-25-11-8-14-29(25)17-24-10-7-9-20(3)16-24/h7-16,19,23H,17-18H2,1-6H3,(H,28,31)/t23-/m1/s1. The summed E-state index contributed by atoms with van der Waals surface area (Å²) in [5.41, 5.74) is 6.79. The maximum absolute atomic E-state index is 13.3. The maximum Gasteiger partial charge on any atom is 0.322 e. The van der Waals surface area contributed by atoms with E-state index in [0.29, 0.717) is 12.5 Å². The summed E-state index contributed by atoms with van der Waals surface area (Å²) >= 11 is 0. The molecule has 0 bridgehead atoms. The van der Waals surface area contributed by atoms with E-state index < -0.39 is 0 Å². The third kappa shape index (κ3) is 5.78. The smallest absolute Gasteiger partial charge is 0.322 e. The summed E-state index contributed by atoms with van der Waals surface area (Å²) in [5, 5.41) is 3.14. The Hall–Kier alpha value is -3.01. The van der Waals surface area contributed by atoms with Crippen LogP contribution in [0.1, 0.15) is 48.7 Å². The van der Waals surface area contributed by atoms with Crippen LogP contribution in [0.2, 0.25) is 0 Å². The Morgan fingerprint density at radius 3 is 2.39 bits per heavy atom. The van der Waals surface area contributed by atoms with Gasteiger partial charge in [-0.15, -0.1) is 0 Å². The fourth-order valence-electron chi connectivity index (χ4n) is 3.83. The van der Waals surface area contributed by atoms with Crippen molar-refractivity contribution < 1.29 is 4.79 Å². The van der Waals surface area contributed by atoms with Gasteiger partial charge in [-0.05, 0) is 62.9 Å². The van der Waals surface area contributed by atoms with Crippen LogP contribution in [0.4, 0.5) is 10.5 Å². The normalized spacial score (nSPS) is 12.1. The van der Waals surface area contributed by atoms with E-state index in [4.69, 9.17) is 0 Å². The van der Waals surface area contributed by atoms with Gasteiger partial charge in [0.05, 0.1) is 6.54 Å². The predicted molar refractivity (Wildman–Crippen MR) is 129 cm³/mol. The molecule has 0 aliphatic rings. The zero-order chi connectivity index (χ0) is 22.5. The average molecular weight is 418 g/mol. The topological polar surface area (TPSA) is 37.3 Å². The highest BCUT2D eigenvalue weighted by Gasteiger charge is 2.24. The van der Waals surface area contributed by atoms with Crippen LogP contribution < -0.4 is 5.32 Å². The molecule has 2 aromatic carbocycles. The van der Waals surface area contributed by atoms with Crippen molar-refractivity contribution >= 4 is 11.7 Å². The molecular formula is C27H35N3O. The van der Waals surface area contributed by atoms with Crippen molar-refractivity contribution in [1.29, 1.82) is 0 Å². The lowest BCUT2D eigenvalue weighted by atomic mass is 10.0. The van der Waals surface area contributed by atoms with Crippen LogP contribution in [0, 0.1) is 26.7 Å². The first-order valence-corrected chi connectivity index (χ1v) is 11.1. The van der Waals surface area contributed by atoms with Crippen LogP contribution in [-0.4, -0.2) is 21.5 Å². The molecule has 164 valence electrons. The van der Waals surface area contributed by atoms with Gasteiger partial charge in [-0.25, -0.2) is 4.79 Å². The highest BCUT2D eigenvalue weighted by atomic mass is 16.2. The van der Waals surface area contributed by atoms with Crippen molar-refractivity contribution in [3.63, 3.8) is 0 Å². The molecule has 0 aliphatic heterocycles. The minimum atomic E-state index is -0.0588. The third-order valence-electron chi connectivity index (χ3n) is 6.03. The van der Waals surface area contributed by atoms with Crippen LogP contribution in [0.5, 0.6) is 0 Å². The Morgan fingerprint density at radius 2 is 1.71 bits per heavy atom. The molecule has 4 nitrogen and oxygen atoms in total. The van der Waals surface area contributed by atoms with Gasteiger partial charge in [0.25, 0.3) is 0 Å². The van der Waals surface area contributed by atoms with E-state index in [1.54, 1.807) is 0 Å². The number of nitrogens with zero attached hydrogens (tertiary/aromatic N) is 2. The largest absolute Gasteiger partial charge is 0.345 e. The lowest BCUT2D eigenvalue weighted by Gasteiger charge is -2.32. The van der Waals surface area contributed by atoms with Gasteiger partial charge in [0.1, 0.15) is 0 Å². The third-order valence-corrected chi connectivity index (χ3v) is 6.03. The first-order chi connectivity index (χ1) is 14.7. The van der Waals surface area contributed by atoms with E-state index in [1.165, 1.54) is 16.7 Å². The van der Waals surface area contributed by atoms with E-state index >= 15 is 0 Å². The maximum atomic E-state index is 13.3. The number of hydrogen-bond acceptors (Lipinski definition) is 1. The summed E-state index contributed by atoms with van der Waals surface area (Å²) in [7, 11) is 0. The van der Waals surface area contributed by atoms with Gasteiger partial charge in [-0.1, -0.05) is 61.4 Å². The van der Waals surface area contributed by atoms with E-state index in [-0.39, 0.29) is 12.1 Å². The first kappa shape index (κ1) is 22.7. The van der Waals surface area contributed by atoms with Crippen LogP contribution in [0.25, 0.3) is 0 Å². The molecule has 0 radical (unpaired) electrons. The fraction of sp³-hybridized carbons (Fsp3) is 0.370. The molecule has 1 aromatic heterocycles. The van der Waals surface area contributed by atoms with Crippen LogP contribution in [-0.2, 0) is 13.1 Å². The van der Waals surface area contributed by atoms with Gasteiger partial charge in [-0.2, -0.15) is 0 Å². The number of hydrogen-bond donors (Lipinski definition) is 1. The first-order valence-electron chi connectivity index (χ1n) is 11.1. The monoisotopic (exact) mass is 417 g/mol. The van der Waals surface area contributed by atoms with Crippen LogP contribution in [0.15, 0.2) is 60.8 Å². The Kier molecular flexibility index (Phi) is 7.21. The highest BCUT2D eigenvalue weighted by Crippen LogP contribution is 2.21. The summed E-state index contributed by atoms with van der Waals surface area (Å²) in [6.07, 6.45) is 2.10. The zero-order valence-electron chi connectivity index (χ0n) is 19.6. The Bertz CT molecular complexity index is 1030. The highest BCUT2D eigenvalue weighted by molar-refractivity contribution is 5.90. The molecule has 3 rings (SSSR count). The molecule has 0 unspecified atom stereocenters. The Balaban J connectivity index is 1.82. The number of benzene rings is 2. The van der Waals surface area contributed by atoms with Crippen molar-refractivity contribution in [2.45, 2.75) is 60.7 Å². The van der Waals surface area contributed by atoms with Crippen LogP contribution >= 0.6 is 0 Å². The fourth-order valence-corrected chi connectivity index (χ4v) is 3.83. The summed E-state index contributed by atoms with van der Waals surface area (Å²) in [6, 6.07) is 18.9. The summed E-state index contributed by atoms with van der Waals surface area (Å²) in [4.78, 5) is 15.3. The molecular weight excluding hydrogens is 382 g/mol. The number of rotatable bonds is 7. The number of carbonyl (C=O) groups excluding carboxylic acids is 1.